The zero-order valence-corrected chi connectivity index (χ0v) is 10.1. The highest BCUT2D eigenvalue weighted by atomic mass is 16.1. The lowest BCUT2D eigenvalue weighted by Gasteiger charge is -2.25. The van der Waals surface area contributed by atoms with E-state index in [0.29, 0.717) is 11.6 Å². The van der Waals surface area contributed by atoms with Gasteiger partial charge in [-0.05, 0) is 38.1 Å². The summed E-state index contributed by atoms with van der Waals surface area (Å²) in [5.74, 6) is -0.0398. The molecule has 4 heteroatoms. The van der Waals surface area contributed by atoms with Gasteiger partial charge in [0, 0.05) is 18.8 Å². The SMILES string of the molecule is CNC(=O)c1ccccc1NC1CCNCC1. The summed E-state index contributed by atoms with van der Waals surface area (Å²) in [4.78, 5) is 11.7. The third kappa shape index (κ3) is 2.97. The molecule has 2 rings (SSSR count). The second-order valence-electron chi connectivity index (χ2n) is 4.29. The Morgan fingerprint density at radius 3 is 2.71 bits per heavy atom. The molecule has 1 aliphatic rings. The van der Waals surface area contributed by atoms with E-state index in [1.54, 1.807) is 7.05 Å². The van der Waals surface area contributed by atoms with Crippen molar-refractivity contribution in [3.8, 4) is 0 Å². The number of para-hydroxylation sites is 1. The van der Waals surface area contributed by atoms with Crippen LogP contribution in [0.5, 0.6) is 0 Å². The van der Waals surface area contributed by atoms with Gasteiger partial charge < -0.3 is 16.0 Å². The number of hydrogen-bond donors (Lipinski definition) is 3. The topological polar surface area (TPSA) is 53.2 Å². The van der Waals surface area contributed by atoms with Crippen LogP contribution in [-0.4, -0.2) is 32.1 Å². The fourth-order valence-electron chi connectivity index (χ4n) is 2.13. The molecule has 0 aliphatic carbocycles. The minimum absolute atomic E-state index is 0.0398. The molecule has 17 heavy (non-hydrogen) atoms. The first-order valence-corrected chi connectivity index (χ1v) is 6.09. The van der Waals surface area contributed by atoms with Crippen molar-refractivity contribution in [1.82, 2.24) is 10.6 Å². The van der Waals surface area contributed by atoms with Gasteiger partial charge in [-0.1, -0.05) is 12.1 Å². The predicted molar refractivity (Wildman–Crippen MR) is 69.3 cm³/mol. The third-order valence-electron chi connectivity index (χ3n) is 3.10. The molecule has 0 spiro atoms. The molecule has 0 saturated carbocycles. The molecule has 1 aliphatic heterocycles. The molecule has 0 aromatic heterocycles. The maximum absolute atomic E-state index is 11.7. The molecule has 0 bridgehead atoms. The van der Waals surface area contributed by atoms with Gasteiger partial charge in [0.1, 0.15) is 0 Å². The number of hydrogen-bond acceptors (Lipinski definition) is 3. The Labute approximate surface area is 102 Å². The van der Waals surface area contributed by atoms with Gasteiger partial charge in [-0.3, -0.25) is 4.79 Å². The molecule has 0 radical (unpaired) electrons. The minimum atomic E-state index is -0.0398. The molecule has 0 atom stereocenters. The summed E-state index contributed by atoms with van der Waals surface area (Å²) < 4.78 is 0. The number of carbonyl (C=O) groups excluding carboxylic acids is 1. The number of amides is 1. The van der Waals surface area contributed by atoms with Crippen LogP contribution in [0.4, 0.5) is 5.69 Å². The van der Waals surface area contributed by atoms with E-state index in [4.69, 9.17) is 0 Å². The number of carbonyl (C=O) groups is 1. The summed E-state index contributed by atoms with van der Waals surface area (Å²) in [5.41, 5.74) is 1.65. The molecule has 1 saturated heterocycles. The monoisotopic (exact) mass is 233 g/mol. The molecule has 3 N–H and O–H groups in total. The lowest BCUT2D eigenvalue weighted by molar-refractivity contribution is 0.0964. The van der Waals surface area contributed by atoms with E-state index in [2.05, 4.69) is 16.0 Å². The van der Waals surface area contributed by atoms with Gasteiger partial charge >= 0.3 is 0 Å². The van der Waals surface area contributed by atoms with E-state index in [0.717, 1.165) is 31.6 Å². The Bertz CT molecular complexity index is 386. The van der Waals surface area contributed by atoms with Crippen LogP contribution in [0.3, 0.4) is 0 Å². The van der Waals surface area contributed by atoms with Crippen LogP contribution in [0, 0.1) is 0 Å². The maximum Gasteiger partial charge on any atom is 0.253 e. The summed E-state index contributed by atoms with van der Waals surface area (Å²) >= 11 is 0. The van der Waals surface area contributed by atoms with Crippen LogP contribution in [0.25, 0.3) is 0 Å². The van der Waals surface area contributed by atoms with Crippen LogP contribution in [0.2, 0.25) is 0 Å². The molecular weight excluding hydrogens is 214 g/mol. The molecule has 1 amide bonds. The average Bonchev–Trinajstić information content (AvgIpc) is 2.40. The van der Waals surface area contributed by atoms with Crippen LogP contribution < -0.4 is 16.0 Å². The average molecular weight is 233 g/mol. The maximum atomic E-state index is 11.7. The normalized spacial score (nSPS) is 16.5. The minimum Gasteiger partial charge on any atom is -0.382 e. The third-order valence-corrected chi connectivity index (χ3v) is 3.10. The van der Waals surface area contributed by atoms with Gasteiger partial charge in [-0.25, -0.2) is 0 Å². The molecule has 0 unspecified atom stereocenters. The van der Waals surface area contributed by atoms with Gasteiger partial charge in [-0.2, -0.15) is 0 Å². The smallest absolute Gasteiger partial charge is 0.253 e. The Morgan fingerprint density at radius 2 is 2.00 bits per heavy atom. The summed E-state index contributed by atoms with van der Waals surface area (Å²) in [6.07, 6.45) is 2.20. The van der Waals surface area contributed by atoms with Crippen molar-refractivity contribution in [2.75, 3.05) is 25.5 Å². The number of nitrogens with one attached hydrogen (secondary N) is 3. The molecule has 92 valence electrons. The molecule has 1 heterocycles. The zero-order valence-electron chi connectivity index (χ0n) is 10.1. The Hall–Kier alpha value is -1.55. The number of anilines is 1. The van der Waals surface area contributed by atoms with Gasteiger partial charge in [0.05, 0.1) is 5.56 Å². The fraction of sp³-hybridized carbons (Fsp3) is 0.462. The first kappa shape index (κ1) is 11.9. The quantitative estimate of drug-likeness (QED) is 0.735. The van der Waals surface area contributed by atoms with E-state index in [-0.39, 0.29) is 5.91 Å². The molecule has 1 aromatic rings. The first-order chi connectivity index (χ1) is 8.31. The lowest BCUT2D eigenvalue weighted by Crippen LogP contribution is -2.35. The summed E-state index contributed by atoms with van der Waals surface area (Å²) in [7, 11) is 1.66. The van der Waals surface area contributed by atoms with Crippen LogP contribution >= 0.6 is 0 Å². The van der Waals surface area contributed by atoms with E-state index in [1.807, 2.05) is 24.3 Å². The van der Waals surface area contributed by atoms with Gasteiger partial charge in [0.2, 0.25) is 0 Å². The Kier molecular flexibility index (Phi) is 3.98. The second-order valence-corrected chi connectivity index (χ2v) is 4.29. The van der Waals surface area contributed by atoms with Crippen molar-refractivity contribution < 1.29 is 4.79 Å². The highest BCUT2D eigenvalue weighted by Crippen LogP contribution is 2.18. The Morgan fingerprint density at radius 1 is 1.29 bits per heavy atom. The molecule has 1 fully saturated rings. The molecule has 1 aromatic carbocycles. The van der Waals surface area contributed by atoms with Crippen LogP contribution in [0.15, 0.2) is 24.3 Å². The second kappa shape index (κ2) is 5.68. The van der Waals surface area contributed by atoms with Crippen molar-refractivity contribution in [3.63, 3.8) is 0 Å². The van der Waals surface area contributed by atoms with Crippen molar-refractivity contribution in [2.45, 2.75) is 18.9 Å². The van der Waals surface area contributed by atoms with E-state index < -0.39 is 0 Å². The fourth-order valence-corrected chi connectivity index (χ4v) is 2.13. The summed E-state index contributed by atoms with van der Waals surface area (Å²) in [6.45, 7) is 2.08. The van der Waals surface area contributed by atoms with Gasteiger partial charge in [0.15, 0.2) is 0 Å². The van der Waals surface area contributed by atoms with E-state index in [9.17, 15) is 4.79 Å². The van der Waals surface area contributed by atoms with Gasteiger partial charge in [0.25, 0.3) is 5.91 Å². The van der Waals surface area contributed by atoms with E-state index >= 15 is 0 Å². The predicted octanol–water partition coefficient (Wildman–Crippen LogP) is 1.21. The highest BCUT2D eigenvalue weighted by molar-refractivity contribution is 5.99. The van der Waals surface area contributed by atoms with Crippen molar-refractivity contribution in [2.24, 2.45) is 0 Å². The number of rotatable bonds is 3. The standard InChI is InChI=1S/C13H19N3O/c1-14-13(17)11-4-2-3-5-12(11)16-10-6-8-15-9-7-10/h2-5,10,15-16H,6-9H2,1H3,(H,14,17). The van der Waals surface area contributed by atoms with Crippen LogP contribution in [-0.2, 0) is 0 Å². The van der Waals surface area contributed by atoms with Crippen molar-refractivity contribution in [1.29, 1.82) is 0 Å². The van der Waals surface area contributed by atoms with Crippen molar-refractivity contribution in [3.05, 3.63) is 29.8 Å². The first-order valence-electron chi connectivity index (χ1n) is 6.09. The van der Waals surface area contributed by atoms with E-state index in [1.165, 1.54) is 0 Å². The largest absolute Gasteiger partial charge is 0.382 e. The molecule has 4 nitrogen and oxygen atoms in total. The molecular formula is C13H19N3O. The highest BCUT2D eigenvalue weighted by Gasteiger charge is 2.15. The number of benzene rings is 1. The van der Waals surface area contributed by atoms with Crippen LogP contribution in [0.1, 0.15) is 23.2 Å². The van der Waals surface area contributed by atoms with Gasteiger partial charge in [-0.15, -0.1) is 0 Å². The summed E-state index contributed by atoms with van der Waals surface area (Å²) in [6, 6.07) is 8.12. The zero-order chi connectivity index (χ0) is 12.1. The number of piperidine rings is 1. The Balaban J connectivity index is 2.11. The lowest BCUT2D eigenvalue weighted by atomic mass is 10.0. The van der Waals surface area contributed by atoms with Crippen molar-refractivity contribution >= 4 is 11.6 Å². The summed E-state index contributed by atoms with van der Waals surface area (Å²) in [5, 5.41) is 9.46.